The summed E-state index contributed by atoms with van der Waals surface area (Å²) in [4.78, 5) is 36.6. The SMILES string of the molecule is CCCCCC/C=C\C/C=C\CCCCCCCC(=O)OCC(COC1OC(C(=O)O)C(O)C(O)C1O)OC(=O)CCCCCCCCCCCC. The molecule has 6 atom stereocenters. The summed E-state index contributed by atoms with van der Waals surface area (Å²) in [7, 11) is 0. The van der Waals surface area contributed by atoms with Gasteiger partial charge in [-0.25, -0.2) is 4.79 Å². The van der Waals surface area contributed by atoms with E-state index in [2.05, 4.69) is 38.2 Å². The zero-order chi connectivity index (χ0) is 38.2. The number of aliphatic hydroxyl groups is 3. The van der Waals surface area contributed by atoms with Crippen molar-refractivity contribution in [1.29, 1.82) is 0 Å². The van der Waals surface area contributed by atoms with Crippen LogP contribution in [0.1, 0.15) is 168 Å². The fourth-order valence-electron chi connectivity index (χ4n) is 6.03. The summed E-state index contributed by atoms with van der Waals surface area (Å²) < 4.78 is 21.6. The summed E-state index contributed by atoms with van der Waals surface area (Å²) in [6.45, 7) is 3.75. The lowest BCUT2D eigenvalue weighted by atomic mass is 9.99. The topological polar surface area (TPSA) is 169 Å². The molecule has 1 fully saturated rings. The number of esters is 2. The maximum absolute atomic E-state index is 12.7. The Morgan fingerprint density at radius 1 is 0.596 bits per heavy atom. The Kier molecular flexibility index (Phi) is 29.5. The van der Waals surface area contributed by atoms with Crippen LogP contribution >= 0.6 is 0 Å². The van der Waals surface area contributed by atoms with Crippen LogP contribution in [0.2, 0.25) is 0 Å². The predicted octanol–water partition coefficient (Wildman–Crippen LogP) is 7.86. The molecular weight excluding hydrogens is 668 g/mol. The number of rotatable bonds is 33. The van der Waals surface area contributed by atoms with E-state index in [1.807, 2.05) is 0 Å². The van der Waals surface area contributed by atoms with E-state index in [1.54, 1.807) is 0 Å². The van der Waals surface area contributed by atoms with Gasteiger partial charge in [-0.15, -0.1) is 0 Å². The van der Waals surface area contributed by atoms with E-state index in [0.717, 1.165) is 57.8 Å². The van der Waals surface area contributed by atoms with Gasteiger partial charge in [-0.2, -0.15) is 0 Å². The van der Waals surface area contributed by atoms with Gasteiger partial charge < -0.3 is 39.4 Å². The lowest BCUT2D eigenvalue weighted by Crippen LogP contribution is -2.60. The number of aliphatic carboxylic acids is 1. The third-order valence-corrected chi connectivity index (χ3v) is 9.30. The van der Waals surface area contributed by atoms with Gasteiger partial charge in [-0.05, 0) is 44.9 Å². The molecule has 1 aliphatic heterocycles. The zero-order valence-corrected chi connectivity index (χ0v) is 32.3. The fourth-order valence-corrected chi connectivity index (χ4v) is 6.03. The molecular formula is C41H72O11. The molecule has 11 nitrogen and oxygen atoms in total. The summed E-state index contributed by atoms with van der Waals surface area (Å²) in [5, 5.41) is 39.6. The van der Waals surface area contributed by atoms with Crippen molar-refractivity contribution in [1.82, 2.24) is 0 Å². The van der Waals surface area contributed by atoms with Gasteiger partial charge in [0.05, 0.1) is 6.61 Å². The van der Waals surface area contributed by atoms with E-state index in [4.69, 9.17) is 18.9 Å². The Morgan fingerprint density at radius 2 is 1.08 bits per heavy atom. The number of hydrogen-bond donors (Lipinski definition) is 4. The molecule has 0 aromatic rings. The highest BCUT2D eigenvalue weighted by molar-refractivity contribution is 5.73. The van der Waals surface area contributed by atoms with Crippen molar-refractivity contribution in [3.05, 3.63) is 24.3 Å². The number of ether oxygens (including phenoxy) is 4. The minimum absolute atomic E-state index is 0.182. The Bertz CT molecular complexity index is 968. The van der Waals surface area contributed by atoms with E-state index in [9.17, 15) is 34.8 Å². The summed E-state index contributed by atoms with van der Waals surface area (Å²) >= 11 is 0. The molecule has 0 saturated carbocycles. The second kappa shape index (κ2) is 32.1. The molecule has 1 saturated heterocycles. The molecule has 1 aliphatic rings. The summed E-state index contributed by atoms with van der Waals surface area (Å²) in [5.41, 5.74) is 0. The molecule has 0 aliphatic carbocycles. The monoisotopic (exact) mass is 741 g/mol. The van der Waals surface area contributed by atoms with E-state index >= 15 is 0 Å². The molecule has 4 N–H and O–H groups in total. The summed E-state index contributed by atoms with van der Waals surface area (Å²) in [6, 6.07) is 0. The van der Waals surface area contributed by atoms with Crippen molar-refractivity contribution in [3.8, 4) is 0 Å². The minimum atomic E-state index is -1.86. The van der Waals surface area contributed by atoms with Crippen molar-refractivity contribution in [2.24, 2.45) is 0 Å². The lowest BCUT2D eigenvalue weighted by molar-refractivity contribution is -0.298. The number of hydrogen-bond acceptors (Lipinski definition) is 10. The molecule has 0 aromatic carbocycles. The maximum Gasteiger partial charge on any atom is 0.335 e. The van der Waals surface area contributed by atoms with E-state index < -0.39 is 61.3 Å². The number of allylic oxidation sites excluding steroid dienone is 4. The van der Waals surface area contributed by atoms with Gasteiger partial charge >= 0.3 is 17.9 Å². The van der Waals surface area contributed by atoms with Gasteiger partial charge in [-0.1, -0.05) is 134 Å². The Morgan fingerprint density at radius 3 is 1.62 bits per heavy atom. The third kappa shape index (κ3) is 24.1. The number of carboxylic acids is 1. The average molecular weight is 741 g/mol. The molecule has 0 spiro atoms. The number of unbranched alkanes of at least 4 members (excludes halogenated alkanes) is 18. The molecule has 52 heavy (non-hydrogen) atoms. The highest BCUT2D eigenvalue weighted by atomic mass is 16.7. The Labute approximate surface area is 313 Å². The molecule has 0 aromatic heterocycles. The van der Waals surface area contributed by atoms with Crippen LogP contribution in [-0.2, 0) is 33.3 Å². The first-order valence-electron chi connectivity index (χ1n) is 20.4. The number of carbonyl (C=O) groups excluding carboxylic acids is 2. The minimum Gasteiger partial charge on any atom is -0.479 e. The summed E-state index contributed by atoms with van der Waals surface area (Å²) in [5.74, 6) is -2.46. The molecule has 6 unspecified atom stereocenters. The third-order valence-electron chi connectivity index (χ3n) is 9.30. The van der Waals surface area contributed by atoms with Gasteiger partial charge in [0.15, 0.2) is 18.5 Å². The average Bonchev–Trinajstić information content (AvgIpc) is 3.12. The van der Waals surface area contributed by atoms with Crippen LogP contribution in [0.5, 0.6) is 0 Å². The van der Waals surface area contributed by atoms with Crippen molar-refractivity contribution < 1.29 is 53.8 Å². The summed E-state index contributed by atoms with van der Waals surface area (Å²) in [6.07, 6.45) is 23.8. The van der Waals surface area contributed by atoms with Crippen LogP contribution in [0.3, 0.4) is 0 Å². The van der Waals surface area contributed by atoms with Crippen LogP contribution in [0.15, 0.2) is 24.3 Å². The smallest absolute Gasteiger partial charge is 0.335 e. The quantitative estimate of drug-likeness (QED) is 0.0294. The molecule has 302 valence electrons. The first-order chi connectivity index (χ1) is 25.2. The number of carboxylic acid groups (broad SMARTS) is 1. The second-order valence-corrected chi connectivity index (χ2v) is 14.1. The van der Waals surface area contributed by atoms with Crippen molar-refractivity contribution in [2.45, 2.75) is 205 Å². The standard InChI is InChI=1S/C41H72O11/c1-3-5-7-9-11-13-15-16-17-18-19-20-22-23-25-27-29-34(42)49-31-33(32-50-41-38(46)36(44)37(45)39(52-41)40(47)48)51-35(43)30-28-26-24-21-14-12-10-8-6-4-2/h13,15,17-18,33,36-39,41,44-46H,3-12,14,16,19-32H2,1-2H3,(H,47,48)/b15-13-,18-17-. The van der Waals surface area contributed by atoms with Crippen LogP contribution in [0.25, 0.3) is 0 Å². The van der Waals surface area contributed by atoms with Crippen LogP contribution < -0.4 is 0 Å². The molecule has 1 rings (SSSR count). The Balaban J connectivity index is 2.41. The van der Waals surface area contributed by atoms with Gasteiger partial charge in [0.25, 0.3) is 0 Å². The molecule has 0 bridgehead atoms. The predicted molar refractivity (Wildman–Crippen MR) is 202 cm³/mol. The molecule has 0 radical (unpaired) electrons. The largest absolute Gasteiger partial charge is 0.479 e. The lowest BCUT2D eigenvalue weighted by Gasteiger charge is -2.38. The van der Waals surface area contributed by atoms with Gasteiger partial charge in [-0.3, -0.25) is 9.59 Å². The van der Waals surface area contributed by atoms with Gasteiger partial charge in [0, 0.05) is 12.8 Å². The van der Waals surface area contributed by atoms with Gasteiger partial charge in [0.1, 0.15) is 24.9 Å². The van der Waals surface area contributed by atoms with E-state index in [1.165, 1.54) is 70.6 Å². The zero-order valence-electron chi connectivity index (χ0n) is 32.3. The van der Waals surface area contributed by atoms with Gasteiger partial charge in [0.2, 0.25) is 0 Å². The maximum atomic E-state index is 12.7. The highest BCUT2D eigenvalue weighted by Gasteiger charge is 2.47. The second-order valence-electron chi connectivity index (χ2n) is 14.1. The molecule has 0 amide bonds. The first-order valence-corrected chi connectivity index (χ1v) is 20.4. The first kappa shape index (κ1) is 47.7. The van der Waals surface area contributed by atoms with Crippen molar-refractivity contribution in [2.75, 3.05) is 13.2 Å². The number of carbonyl (C=O) groups is 3. The van der Waals surface area contributed by atoms with Crippen molar-refractivity contribution >= 4 is 17.9 Å². The van der Waals surface area contributed by atoms with Crippen molar-refractivity contribution in [3.63, 3.8) is 0 Å². The van der Waals surface area contributed by atoms with Crippen LogP contribution in [-0.4, -0.2) is 88.4 Å². The number of aliphatic hydroxyl groups excluding tert-OH is 3. The van der Waals surface area contributed by atoms with E-state index in [0.29, 0.717) is 12.8 Å². The van der Waals surface area contributed by atoms with Crippen LogP contribution in [0.4, 0.5) is 0 Å². The highest BCUT2D eigenvalue weighted by Crippen LogP contribution is 2.23. The molecule has 1 heterocycles. The molecule has 11 heteroatoms. The normalized spacial score (nSPS) is 21.1. The van der Waals surface area contributed by atoms with Crippen LogP contribution in [0, 0.1) is 0 Å². The fraction of sp³-hybridized carbons (Fsp3) is 0.829. The Hall–Kier alpha value is -2.31. The van der Waals surface area contributed by atoms with E-state index in [-0.39, 0.29) is 19.4 Å².